The van der Waals surface area contributed by atoms with Crippen molar-refractivity contribution in [1.82, 2.24) is 0 Å². The Bertz CT molecular complexity index is 454. The molecule has 1 N–H and O–H groups in total. The Morgan fingerprint density at radius 1 is 1.06 bits per heavy atom. The zero-order valence-corrected chi connectivity index (χ0v) is 11.2. The lowest BCUT2D eigenvalue weighted by Crippen LogP contribution is -1.94. The first-order valence-electron chi connectivity index (χ1n) is 5.26. The van der Waals surface area contributed by atoms with Crippen molar-refractivity contribution in [3.05, 3.63) is 64.6 Å². The minimum atomic E-state index is -0.250. The summed E-state index contributed by atoms with van der Waals surface area (Å²) in [7, 11) is 0. The van der Waals surface area contributed by atoms with E-state index in [0.29, 0.717) is 6.61 Å². The fraction of sp³-hybridized carbons (Fsp3) is 0.0714. The fourth-order valence-corrected chi connectivity index (χ4v) is 1.54. The molecule has 2 aromatic carbocycles. The number of hydrogen-bond acceptors (Lipinski definition) is 2. The van der Waals surface area contributed by atoms with Crippen LogP contribution >= 0.6 is 15.9 Å². The van der Waals surface area contributed by atoms with Gasteiger partial charge in [-0.05, 0) is 29.8 Å². The maximum atomic E-state index is 8.36. The van der Waals surface area contributed by atoms with Gasteiger partial charge in [-0.25, -0.2) is 0 Å². The molecule has 2 aromatic rings. The second-order valence-corrected chi connectivity index (χ2v) is 4.25. The van der Waals surface area contributed by atoms with Crippen molar-refractivity contribution in [3.63, 3.8) is 0 Å². The molecule has 0 aliphatic carbocycles. The van der Waals surface area contributed by atoms with Gasteiger partial charge >= 0.3 is 0 Å². The number of rotatable bonds is 3. The maximum Gasteiger partial charge on any atom is 0.290 e. The van der Waals surface area contributed by atoms with Gasteiger partial charge in [0.05, 0.1) is 0 Å². The van der Waals surface area contributed by atoms with Crippen molar-refractivity contribution in [2.45, 2.75) is 6.61 Å². The molecule has 0 atom stereocenters. The Hall–Kier alpha value is -1.81. The van der Waals surface area contributed by atoms with Gasteiger partial charge in [-0.15, -0.1) is 0 Å². The van der Waals surface area contributed by atoms with Crippen molar-refractivity contribution in [1.29, 1.82) is 0 Å². The lowest BCUT2D eigenvalue weighted by molar-refractivity contribution is -0.122. The molecule has 3 nitrogen and oxygen atoms in total. The van der Waals surface area contributed by atoms with Crippen molar-refractivity contribution < 1.29 is 14.6 Å². The van der Waals surface area contributed by atoms with Gasteiger partial charge < -0.3 is 9.84 Å². The van der Waals surface area contributed by atoms with Gasteiger partial charge in [0, 0.05) is 4.47 Å². The van der Waals surface area contributed by atoms with E-state index in [1.54, 1.807) is 0 Å². The van der Waals surface area contributed by atoms with Gasteiger partial charge in [-0.2, -0.15) is 0 Å². The molecule has 0 bridgehead atoms. The highest BCUT2D eigenvalue weighted by molar-refractivity contribution is 9.10. The summed E-state index contributed by atoms with van der Waals surface area (Å²) >= 11 is 3.39. The summed E-state index contributed by atoms with van der Waals surface area (Å²) < 4.78 is 6.69. The first-order chi connectivity index (χ1) is 8.76. The van der Waals surface area contributed by atoms with Crippen LogP contribution in [-0.2, 0) is 11.4 Å². The molecule has 2 rings (SSSR count). The van der Waals surface area contributed by atoms with Crippen LogP contribution in [0, 0.1) is 0 Å². The van der Waals surface area contributed by atoms with Crippen LogP contribution in [-0.4, -0.2) is 11.6 Å². The summed E-state index contributed by atoms with van der Waals surface area (Å²) in [5.74, 6) is 0.891. The molecular weight excluding hydrogens is 296 g/mol. The van der Waals surface area contributed by atoms with E-state index >= 15 is 0 Å². The minimum Gasteiger partial charge on any atom is -0.489 e. The van der Waals surface area contributed by atoms with Crippen molar-refractivity contribution >= 4 is 22.4 Å². The van der Waals surface area contributed by atoms with Crippen LogP contribution in [0.4, 0.5) is 0 Å². The lowest BCUT2D eigenvalue weighted by atomic mass is 10.2. The Balaban J connectivity index is 0.000000492. The highest BCUT2D eigenvalue weighted by atomic mass is 79.9. The molecule has 0 heterocycles. The monoisotopic (exact) mass is 308 g/mol. The molecule has 0 fully saturated rings. The van der Waals surface area contributed by atoms with Gasteiger partial charge in [-0.3, -0.25) is 4.79 Å². The van der Waals surface area contributed by atoms with Crippen LogP contribution in [0.3, 0.4) is 0 Å². The van der Waals surface area contributed by atoms with Crippen LogP contribution in [0.5, 0.6) is 5.75 Å². The summed E-state index contributed by atoms with van der Waals surface area (Å²) in [5.41, 5.74) is 1.18. The molecule has 0 saturated carbocycles. The van der Waals surface area contributed by atoms with Gasteiger partial charge in [0.1, 0.15) is 12.4 Å². The second kappa shape index (κ2) is 8.31. The maximum absolute atomic E-state index is 8.36. The molecule has 0 saturated heterocycles. The molecule has 0 aliphatic rings. The first kappa shape index (κ1) is 14.3. The number of carboxylic acid groups (broad SMARTS) is 1. The number of hydrogen-bond donors (Lipinski definition) is 1. The van der Waals surface area contributed by atoms with Crippen molar-refractivity contribution in [3.8, 4) is 5.75 Å². The largest absolute Gasteiger partial charge is 0.489 e. The fourth-order valence-electron chi connectivity index (χ4n) is 1.27. The predicted octanol–water partition coefficient (Wildman–Crippen LogP) is 3.73. The van der Waals surface area contributed by atoms with Gasteiger partial charge in [-0.1, -0.05) is 46.3 Å². The van der Waals surface area contributed by atoms with E-state index in [1.165, 1.54) is 5.56 Å². The van der Waals surface area contributed by atoms with E-state index in [0.717, 1.165) is 10.2 Å². The van der Waals surface area contributed by atoms with Gasteiger partial charge in [0.2, 0.25) is 0 Å². The van der Waals surface area contributed by atoms with Crippen LogP contribution in [0.2, 0.25) is 0 Å². The molecule has 18 heavy (non-hydrogen) atoms. The molecule has 4 heteroatoms. The molecule has 0 unspecified atom stereocenters. The van der Waals surface area contributed by atoms with Crippen molar-refractivity contribution in [2.75, 3.05) is 0 Å². The van der Waals surface area contributed by atoms with Crippen LogP contribution in [0.15, 0.2) is 59.1 Å². The minimum absolute atomic E-state index is 0.250. The quantitative estimate of drug-likeness (QED) is 0.879. The summed E-state index contributed by atoms with van der Waals surface area (Å²) in [6.45, 7) is 0.364. The smallest absolute Gasteiger partial charge is 0.290 e. The van der Waals surface area contributed by atoms with E-state index in [2.05, 4.69) is 28.1 Å². The van der Waals surface area contributed by atoms with Gasteiger partial charge in [0.25, 0.3) is 6.47 Å². The molecule has 0 radical (unpaired) electrons. The highest BCUT2D eigenvalue weighted by Gasteiger charge is 1.94. The molecular formula is C14H13BrO3. The number of halogens is 1. The number of carbonyl (C=O) groups is 1. The first-order valence-corrected chi connectivity index (χ1v) is 6.05. The third-order valence-corrected chi connectivity index (χ3v) is 2.59. The molecule has 0 aliphatic heterocycles. The van der Waals surface area contributed by atoms with E-state index < -0.39 is 0 Å². The highest BCUT2D eigenvalue weighted by Crippen LogP contribution is 2.17. The third kappa shape index (κ3) is 5.50. The number of benzene rings is 2. The van der Waals surface area contributed by atoms with Crippen molar-refractivity contribution in [2.24, 2.45) is 0 Å². The summed E-state index contributed by atoms with van der Waals surface area (Å²) in [6, 6.07) is 18.0. The predicted molar refractivity (Wildman–Crippen MR) is 73.6 cm³/mol. The average Bonchev–Trinajstić information content (AvgIpc) is 2.40. The molecule has 0 amide bonds. The summed E-state index contributed by atoms with van der Waals surface area (Å²) in [6.07, 6.45) is 0. The zero-order chi connectivity index (χ0) is 13.2. The average molecular weight is 309 g/mol. The van der Waals surface area contributed by atoms with Crippen LogP contribution in [0.25, 0.3) is 0 Å². The summed E-state index contributed by atoms with van der Waals surface area (Å²) in [5, 5.41) is 6.89. The van der Waals surface area contributed by atoms with Gasteiger partial charge in [0.15, 0.2) is 0 Å². The SMILES string of the molecule is Brc1ccc(OCc2ccccc2)cc1.O=CO. The van der Waals surface area contributed by atoms with Crippen LogP contribution in [0.1, 0.15) is 5.56 Å². The lowest BCUT2D eigenvalue weighted by Gasteiger charge is -2.05. The Kier molecular flexibility index (Phi) is 6.58. The van der Waals surface area contributed by atoms with E-state index in [4.69, 9.17) is 14.6 Å². The number of ether oxygens (including phenoxy) is 1. The third-order valence-electron chi connectivity index (χ3n) is 2.06. The Morgan fingerprint density at radius 3 is 2.17 bits per heavy atom. The van der Waals surface area contributed by atoms with E-state index in [-0.39, 0.29) is 6.47 Å². The normalized spacial score (nSPS) is 8.94. The standard InChI is InChI=1S/C13H11BrO.CH2O2/c14-12-6-8-13(9-7-12)15-10-11-4-2-1-3-5-11;2-1-3/h1-9H,10H2;1H,(H,2,3). The van der Waals surface area contributed by atoms with Crippen LogP contribution < -0.4 is 4.74 Å². The summed E-state index contributed by atoms with van der Waals surface area (Å²) in [4.78, 5) is 8.36. The van der Waals surface area contributed by atoms with E-state index in [9.17, 15) is 0 Å². The topological polar surface area (TPSA) is 46.5 Å². The molecule has 0 spiro atoms. The zero-order valence-electron chi connectivity index (χ0n) is 9.62. The molecule has 0 aromatic heterocycles. The Labute approximate surface area is 114 Å². The Morgan fingerprint density at radius 2 is 1.61 bits per heavy atom. The molecule has 94 valence electrons. The van der Waals surface area contributed by atoms with E-state index in [1.807, 2.05) is 42.5 Å². The second-order valence-electron chi connectivity index (χ2n) is 3.33.